The lowest BCUT2D eigenvalue weighted by Crippen LogP contribution is -2.48. The number of ether oxygens (including phenoxy) is 2. The van der Waals surface area contributed by atoms with Crippen LogP contribution in [0.4, 0.5) is 0 Å². The fraction of sp³-hybridized carbons (Fsp3) is 0.278. The molecule has 5 rings (SSSR count). The van der Waals surface area contributed by atoms with Gasteiger partial charge in [-0.05, 0) is 24.3 Å². The topological polar surface area (TPSA) is 108 Å². The highest BCUT2D eigenvalue weighted by molar-refractivity contribution is 7.89. The zero-order valence-corrected chi connectivity index (χ0v) is 15.5. The van der Waals surface area contributed by atoms with Gasteiger partial charge in [-0.3, -0.25) is 4.98 Å². The minimum atomic E-state index is -3.62. The number of nitrogens with zero attached hydrogens (tertiary/aromatic N) is 4. The number of sulfonamides is 1. The SMILES string of the molecule is O=S(=O)(c1ccc2c(c1)OCCO2)N1CC(c2nc(-c3ccncc3)no2)C1. The van der Waals surface area contributed by atoms with E-state index in [-0.39, 0.29) is 23.9 Å². The summed E-state index contributed by atoms with van der Waals surface area (Å²) in [6.45, 7) is 1.43. The molecule has 3 aromatic rings. The first kappa shape index (κ1) is 17.1. The number of aromatic nitrogens is 3. The Labute approximate surface area is 161 Å². The van der Waals surface area contributed by atoms with Gasteiger partial charge in [-0.2, -0.15) is 9.29 Å². The number of rotatable bonds is 4. The van der Waals surface area contributed by atoms with Gasteiger partial charge in [0.15, 0.2) is 11.5 Å². The summed E-state index contributed by atoms with van der Waals surface area (Å²) in [5.41, 5.74) is 0.796. The van der Waals surface area contributed by atoms with Gasteiger partial charge >= 0.3 is 0 Å². The van der Waals surface area contributed by atoms with Crippen LogP contribution in [0.15, 0.2) is 52.1 Å². The third kappa shape index (κ3) is 2.90. The molecule has 1 aromatic carbocycles. The predicted octanol–water partition coefficient (Wildman–Crippen LogP) is 1.69. The molecule has 9 nitrogen and oxygen atoms in total. The lowest BCUT2D eigenvalue weighted by Gasteiger charge is -2.35. The van der Waals surface area contributed by atoms with Crippen molar-refractivity contribution in [2.24, 2.45) is 0 Å². The lowest BCUT2D eigenvalue weighted by molar-refractivity contribution is 0.171. The molecule has 0 spiro atoms. The van der Waals surface area contributed by atoms with Crippen molar-refractivity contribution in [2.75, 3.05) is 26.3 Å². The molecule has 0 N–H and O–H groups in total. The Kier molecular flexibility index (Phi) is 4.02. The number of pyridine rings is 1. The summed E-state index contributed by atoms with van der Waals surface area (Å²) < 4.78 is 43.4. The molecule has 0 saturated carbocycles. The van der Waals surface area contributed by atoms with Crippen LogP contribution in [-0.2, 0) is 10.0 Å². The average molecular weight is 400 g/mol. The predicted molar refractivity (Wildman–Crippen MR) is 96.5 cm³/mol. The molecular formula is C18H16N4O5S. The van der Waals surface area contributed by atoms with E-state index in [1.54, 1.807) is 30.6 Å². The Hall–Kier alpha value is -2.98. The fourth-order valence-corrected chi connectivity index (χ4v) is 4.69. The summed E-state index contributed by atoms with van der Waals surface area (Å²) in [5, 5.41) is 3.97. The third-order valence-corrected chi connectivity index (χ3v) is 6.56. The summed E-state index contributed by atoms with van der Waals surface area (Å²) in [6, 6.07) is 8.23. The Balaban J connectivity index is 1.31. The molecule has 0 aliphatic carbocycles. The maximum atomic E-state index is 12.9. The summed E-state index contributed by atoms with van der Waals surface area (Å²) in [5.74, 6) is 1.77. The Morgan fingerprint density at radius 3 is 2.54 bits per heavy atom. The first-order valence-corrected chi connectivity index (χ1v) is 10.2. The van der Waals surface area contributed by atoms with Crippen LogP contribution in [0, 0.1) is 0 Å². The zero-order valence-electron chi connectivity index (χ0n) is 14.7. The molecular weight excluding hydrogens is 384 g/mol. The van der Waals surface area contributed by atoms with E-state index < -0.39 is 10.0 Å². The summed E-state index contributed by atoms with van der Waals surface area (Å²) >= 11 is 0. The molecule has 2 aliphatic heterocycles. The van der Waals surface area contributed by atoms with Crippen molar-refractivity contribution in [3.05, 3.63) is 48.6 Å². The zero-order chi connectivity index (χ0) is 19.1. The van der Waals surface area contributed by atoms with E-state index in [2.05, 4.69) is 15.1 Å². The summed E-state index contributed by atoms with van der Waals surface area (Å²) in [4.78, 5) is 8.52. The maximum Gasteiger partial charge on any atom is 0.243 e. The summed E-state index contributed by atoms with van der Waals surface area (Å²) in [6.07, 6.45) is 3.30. The van der Waals surface area contributed by atoms with Gasteiger partial charge in [-0.25, -0.2) is 8.42 Å². The van der Waals surface area contributed by atoms with Crippen LogP contribution in [0.2, 0.25) is 0 Å². The van der Waals surface area contributed by atoms with Crippen LogP contribution < -0.4 is 9.47 Å². The molecule has 10 heteroatoms. The molecule has 2 aliphatic rings. The van der Waals surface area contributed by atoms with E-state index in [9.17, 15) is 8.42 Å². The quantitative estimate of drug-likeness (QED) is 0.651. The molecule has 4 heterocycles. The highest BCUT2D eigenvalue weighted by Gasteiger charge is 2.40. The van der Waals surface area contributed by atoms with Crippen molar-refractivity contribution >= 4 is 10.0 Å². The van der Waals surface area contributed by atoms with Crippen LogP contribution >= 0.6 is 0 Å². The fourth-order valence-electron chi connectivity index (χ4n) is 3.14. The second-order valence-electron chi connectivity index (χ2n) is 6.52. The second kappa shape index (κ2) is 6.57. The van der Waals surface area contributed by atoms with Gasteiger partial charge in [0.2, 0.25) is 21.7 Å². The van der Waals surface area contributed by atoms with Crippen molar-refractivity contribution in [3.8, 4) is 22.9 Å². The Morgan fingerprint density at radius 1 is 1.00 bits per heavy atom. The van der Waals surface area contributed by atoms with Crippen molar-refractivity contribution in [2.45, 2.75) is 10.8 Å². The van der Waals surface area contributed by atoms with Gasteiger partial charge in [0.05, 0.1) is 10.8 Å². The summed E-state index contributed by atoms with van der Waals surface area (Å²) in [7, 11) is -3.62. The molecule has 28 heavy (non-hydrogen) atoms. The average Bonchev–Trinajstić information content (AvgIpc) is 3.16. The van der Waals surface area contributed by atoms with Crippen molar-refractivity contribution in [1.82, 2.24) is 19.4 Å². The minimum Gasteiger partial charge on any atom is -0.486 e. The number of hydrogen-bond donors (Lipinski definition) is 0. The standard InChI is InChI=1S/C18H16N4O5S/c23-28(24,14-1-2-15-16(9-14)26-8-7-25-15)22-10-13(11-22)18-20-17(21-27-18)12-3-5-19-6-4-12/h1-6,9,13H,7-8,10-11H2. The van der Waals surface area contributed by atoms with Gasteiger partial charge < -0.3 is 14.0 Å². The molecule has 0 atom stereocenters. The van der Waals surface area contributed by atoms with Gasteiger partial charge in [-0.15, -0.1) is 0 Å². The van der Waals surface area contributed by atoms with E-state index in [1.807, 2.05) is 0 Å². The van der Waals surface area contributed by atoms with Crippen LogP contribution in [0.5, 0.6) is 11.5 Å². The molecule has 0 radical (unpaired) electrons. The molecule has 0 unspecified atom stereocenters. The van der Waals surface area contributed by atoms with Crippen molar-refractivity contribution in [3.63, 3.8) is 0 Å². The molecule has 2 aromatic heterocycles. The largest absolute Gasteiger partial charge is 0.486 e. The second-order valence-corrected chi connectivity index (χ2v) is 8.45. The minimum absolute atomic E-state index is 0.130. The third-order valence-electron chi connectivity index (χ3n) is 4.73. The van der Waals surface area contributed by atoms with Crippen LogP contribution in [0.25, 0.3) is 11.4 Å². The number of benzene rings is 1. The molecule has 0 amide bonds. The van der Waals surface area contributed by atoms with Crippen molar-refractivity contribution < 1.29 is 22.4 Å². The van der Waals surface area contributed by atoms with Crippen molar-refractivity contribution in [1.29, 1.82) is 0 Å². The monoisotopic (exact) mass is 400 g/mol. The van der Waals surface area contributed by atoms with Crippen LogP contribution in [0.1, 0.15) is 11.8 Å². The molecule has 144 valence electrons. The van der Waals surface area contributed by atoms with Crippen LogP contribution in [0.3, 0.4) is 0 Å². The Bertz CT molecular complexity index is 1110. The molecule has 1 fully saturated rings. The number of fused-ring (bicyclic) bond motifs is 1. The van der Waals surface area contributed by atoms with E-state index >= 15 is 0 Å². The smallest absolute Gasteiger partial charge is 0.243 e. The van der Waals surface area contributed by atoms with Gasteiger partial charge in [-0.1, -0.05) is 5.16 Å². The van der Waals surface area contributed by atoms with E-state index in [0.717, 1.165) is 5.56 Å². The molecule has 1 saturated heterocycles. The maximum absolute atomic E-state index is 12.9. The first-order chi connectivity index (χ1) is 13.6. The van der Waals surface area contributed by atoms with E-state index in [0.29, 0.717) is 36.4 Å². The first-order valence-electron chi connectivity index (χ1n) is 8.75. The van der Waals surface area contributed by atoms with Gasteiger partial charge in [0.1, 0.15) is 13.2 Å². The highest BCUT2D eigenvalue weighted by atomic mass is 32.2. The highest BCUT2D eigenvalue weighted by Crippen LogP contribution is 2.36. The van der Waals surface area contributed by atoms with Gasteiger partial charge in [0, 0.05) is 37.1 Å². The van der Waals surface area contributed by atoms with Crippen LogP contribution in [-0.4, -0.2) is 54.2 Å². The lowest BCUT2D eigenvalue weighted by atomic mass is 10.0. The Morgan fingerprint density at radius 2 is 1.75 bits per heavy atom. The van der Waals surface area contributed by atoms with E-state index in [4.69, 9.17) is 14.0 Å². The van der Waals surface area contributed by atoms with E-state index in [1.165, 1.54) is 16.4 Å². The van der Waals surface area contributed by atoms with Gasteiger partial charge in [0.25, 0.3) is 0 Å². The molecule has 0 bridgehead atoms. The number of hydrogen-bond acceptors (Lipinski definition) is 8. The normalized spacial score (nSPS) is 17.3.